The van der Waals surface area contributed by atoms with E-state index in [1.807, 2.05) is 0 Å². The summed E-state index contributed by atoms with van der Waals surface area (Å²) in [6, 6.07) is 11.9. The van der Waals surface area contributed by atoms with Crippen molar-refractivity contribution in [3.05, 3.63) is 63.7 Å². The normalized spacial score (nSPS) is 12.5. The summed E-state index contributed by atoms with van der Waals surface area (Å²) in [5.74, 6) is 0. The molecule has 0 amide bonds. The first-order chi connectivity index (χ1) is 9.79. The van der Waals surface area contributed by atoms with Crippen molar-refractivity contribution in [3.8, 4) is 0 Å². The summed E-state index contributed by atoms with van der Waals surface area (Å²) >= 11 is -1.39. The molecule has 3 nitrogen and oxygen atoms in total. The average molecular weight is 429 g/mol. The van der Waals surface area contributed by atoms with Crippen molar-refractivity contribution >= 4 is 10.1 Å². The number of rotatable bonds is 4. The van der Waals surface area contributed by atoms with Crippen molar-refractivity contribution in [1.82, 2.24) is 0 Å². The fraction of sp³-hybridized carbons (Fsp3) is 0.0769. The third-order valence-corrected chi connectivity index (χ3v) is 6.67. The summed E-state index contributed by atoms with van der Waals surface area (Å²) < 4.78 is 66.3. The zero-order valence-corrected chi connectivity index (χ0v) is 13.3. The molecular formula is C13H9F3IO3S-. The molecule has 0 aliphatic rings. The van der Waals surface area contributed by atoms with Gasteiger partial charge in [0.05, 0.1) is 0 Å². The Bertz CT molecular complexity index is 698. The van der Waals surface area contributed by atoms with Gasteiger partial charge in [0.2, 0.25) is 0 Å². The first kappa shape index (κ1) is 16.2. The fourth-order valence-electron chi connectivity index (χ4n) is 1.39. The van der Waals surface area contributed by atoms with Crippen LogP contribution in [0.3, 0.4) is 0 Å². The molecule has 0 fully saturated rings. The van der Waals surface area contributed by atoms with Gasteiger partial charge in [0.15, 0.2) is 0 Å². The molecule has 2 rings (SSSR count). The van der Waals surface area contributed by atoms with Crippen LogP contribution in [0.15, 0.2) is 59.5 Å². The predicted molar refractivity (Wildman–Crippen MR) is 64.9 cm³/mol. The van der Waals surface area contributed by atoms with E-state index in [2.05, 4.69) is 0 Å². The van der Waals surface area contributed by atoms with Crippen LogP contribution in [0.1, 0.15) is 5.56 Å². The first-order valence-electron chi connectivity index (χ1n) is 5.60. The number of alkyl halides is 3. The summed E-state index contributed by atoms with van der Waals surface area (Å²) in [5, 5.41) is 0. The van der Waals surface area contributed by atoms with Crippen LogP contribution in [-0.4, -0.2) is 8.42 Å². The maximum atomic E-state index is 12.4. The first-order valence-corrected chi connectivity index (χ1v) is 8.96. The molecule has 0 N–H and O–H groups in total. The molecule has 21 heavy (non-hydrogen) atoms. The Balaban J connectivity index is 2.07. The van der Waals surface area contributed by atoms with Gasteiger partial charge < -0.3 is 0 Å². The Morgan fingerprint density at radius 1 is 0.905 bits per heavy atom. The molecule has 2 aromatic rings. The molecule has 2 aromatic carbocycles. The Hall–Kier alpha value is -1.13. The second-order valence-electron chi connectivity index (χ2n) is 3.91. The van der Waals surface area contributed by atoms with E-state index in [4.69, 9.17) is 2.51 Å². The van der Waals surface area contributed by atoms with Crippen LogP contribution in [0, 0.1) is 3.57 Å². The van der Waals surface area contributed by atoms with Crippen LogP contribution < -0.4 is 21.6 Å². The summed E-state index contributed by atoms with van der Waals surface area (Å²) in [6.45, 7) is 0. The summed E-state index contributed by atoms with van der Waals surface area (Å²) in [7, 11) is -3.87. The van der Waals surface area contributed by atoms with E-state index in [0.29, 0.717) is 3.57 Å². The molecule has 0 bridgehead atoms. The van der Waals surface area contributed by atoms with E-state index >= 15 is 0 Å². The molecule has 0 spiro atoms. The second-order valence-corrected chi connectivity index (χ2v) is 8.18. The third kappa shape index (κ3) is 4.42. The van der Waals surface area contributed by atoms with Crippen LogP contribution in [0.4, 0.5) is 13.2 Å². The zero-order chi connectivity index (χ0) is 15.5. The van der Waals surface area contributed by atoms with E-state index in [9.17, 15) is 21.6 Å². The van der Waals surface area contributed by atoms with Gasteiger partial charge >= 0.3 is 131 Å². The number of hydrogen-bond acceptors (Lipinski definition) is 3. The zero-order valence-electron chi connectivity index (χ0n) is 10.3. The molecular weight excluding hydrogens is 420 g/mol. The van der Waals surface area contributed by atoms with Gasteiger partial charge in [0.25, 0.3) is 0 Å². The Labute approximate surface area is 130 Å². The standard InChI is InChI=1S/C13H9F3IO3S/c14-13(15,16)10-6-8-11(9-7-10)17-20-21(18,19)12-4-2-1-3-5-12/h1-9H/q-1. The SMILES string of the molecule is O=S(=O)(O[I-]c1ccc(C(F)(F)F)cc1)c1ccccc1. The Kier molecular flexibility index (Phi) is 4.89. The topological polar surface area (TPSA) is 43.4 Å². The van der Waals surface area contributed by atoms with Crippen molar-refractivity contribution in [2.45, 2.75) is 11.1 Å². The van der Waals surface area contributed by atoms with Gasteiger partial charge in [-0.3, -0.25) is 0 Å². The van der Waals surface area contributed by atoms with Crippen LogP contribution in [0.2, 0.25) is 0 Å². The van der Waals surface area contributed by atoms with E-state index < -0.39 is 43.5 Å². The van der Waals surface area contributed by atoms with Crippen molar-refractivity contribution in [2.24, 2.45) is 0 Å². The van der Waals surface area contributed by atoms with Gasteiger partial charge in [-0.05, 0) is 0 Å². The van der Waals surface area contributed by atoms with Crippen molar-refractivity contribution in [1.29, 1.82) is 0 Å². The van der Waals surface area contributed by atoms with Gasteiger partial charge in [0.1, 0.15) is 0 Å². The fourth-order valence-corrected chi connectivity index (χ4v) is 4.72. The van der Waals surface area contributed by atoms with Gasteiger partial charge in [-0.1, -0.05) is 0 Å². The van der Waals surface area contributed by atoms with Gasteiger partial charge in [-0.2, -0.15) is 0 Å². The predicted octanol–water partition coefficient (Wildman–Crippen LogP) is 0.284. The van der Waals surface area contributed by atoms with Gasteiger partial charge in [-0.25, -0.2) is 0 Å². The number of benzene rings is 2. The summed E-state index contributed by atoms with van der Waals surface area (Å²) in [6.07, 6.45) is -4.41. The molecule has 0 saturated carbocycles. The van der Waals surface area contributed by atoms with E-state index in [1.165, 1.54) is 24.3 Å². The van der Waals surface area contributed by atoms with Crippen molar-refractivity contribution in [3.63, 3.8) is 0 Å². The molecule has 0 unspecified atom stereocenters. The van der Waals surface area contributed by atoms with Crippen LogP contribution in [0.5, 0.6) is 0 Å². The number of hydrogen-bond donors (Lipinski definition) is 0. The van der Waals surface area contributed by atoms with Gasteiger partial charge in [0, 0.05) is 0 Å². The summed E-state index contributed by atoms with van der Waals surface area (Å²) in [5.41, 5.74) is -0.777. The molecule has 0 aromatic heterocycles. The molecule has 0 radical (unpaired) electrons. The molecule has 0 saturated heterocycles. The van der Waals surface area contributed by atoms with E-state index in [0.717, 1.165) is 12.1 Å². The van der Waals surface area contributed by atoms with Crippen LogP contribution in [0.25, 0.3) is 0 Å². The minimum atomic E-state index is -4.41. The monoisotopic (exact) mass is 429 g/mol. The van der Waals surface area contributed by atoms with Crippen LogP contribution in [-0.2, 0) is 18.8 Å². The maximum absolute atomic E-state index is 12.4. The second kappa shape index (κ2) is 6.32. The molecule has 8 heteroatoms. The molecule has 114 valence electrons. The summed E-state index contributed by atoms with van der Waals surface area (Å²) in [4.78, 5) is 0.0246. The van der Waals surface area contributed by atoms with Crippen LogP contribution >= 0.6 is 0 Å². The molecule has 0 aliphatic heterocycles. The Morgan fingerprint density at radius 3 is 2.00 bits per heavy atom. The average Bonchev–Trinajstić information content (AvgIpc) is 2.46. The minimum absolute atomic E-state index is 0.0246. The quantitative estimate of drug-likeness (QED) is 0.657. The molecule has 0 heterocycles. The number of halogens is 4. The van der Waals surface area contributed by atoms with E-state index in [-0.39, 0.29) is 4.90 Å². The van der Waals surface area contributed by atoms with Crippen molar-refractivity contribution < 1.29 is 45.7 Å². The van der Waals surface area contributed by atoms with E-state index in [1.54, 1.807) is 18.2 Å². The van der Waals surface area contributed by atoms with Crippen molar-refractivity contribution in [2.75, 3.05) is 0 Å². The molecule has 0 atom stereocenters. The Morgan fingerprint density at radius 2 is 1.48 bits per heavy atom. The third-order valence-electron chi connectivity index (χ3n) is 2.41. The van der Waals surface area contributed by atoms with Gasteiger partial charge in [-0.15, -0.1) is 0 Å². The molecule has 0 aliphatic carbocycles.